The summed E-state index contributed by atoms with van der Waals surface area (Å²) in [6, 6.07) is 5.47. The Kier molecular flexibility index (Phi) is 4.89. The van der Waals surface area contributed by atoms with E-state index in [1.54, 1.807) is 6.07 Å². The van der Waals surface area contributed by atoms with Gasteiger partial charge in [-0.25, -0.2) is 4.79 Å². The Balaban J connectivity index is 1.99. The first-order valence-electron chi connectivity index (χ1n) is 7.03. The van der Waals surface area contributed by atoms with Crippen LogP contribution in [0.1, 0.15) is 18.9 Å². The molecule has 110 valence electrons. The molecule has 0 aromatic heterocycles. The van der Waals surface area contributed by atoms with E-state index >= 15 is 0 Å². The third-order valence-corrected chi connectivity index (χ3v) is 4.53. The summed E-state index contributed by atoms with van der Waals surface area (Å²) < 4.78 is 0. The molecule has 2 atom stereocenters. The molecule has 4 nitrogen and oxygen atoms in total. The molecule has 5 heteroatoms. The van der Waals surface area contributed by atoms with Gasteiger partial charge in [0.25, 0.3) is 0 Å². The quantitative estimate of drug-likeness (QED) is 0.881. The standard InChI is InChI=1S/C15H22ClN3O/c1-10-5-6-19(9-12(10)8-17)15(20)18-13-4-3-11(2)14(16)7-13/h3-4,7,10,12H,5-6,8-9,17H2,1-2H3,(H,18,20). The molecule has 2 amide bonds. The number of aryl methyl sites for hydroxylation is 1. The molecule has 2 rings (SSSR count). The van der Waals surface area contributed by atoms with Crippen molar-refractivity contribution in [3.05, 3.63) is 28.8 Å². The van der Waals surface area contributed by atoms with Crippen LogP contribution in [0.25, 0.3) is 0 Å². The lowest BCUT2D eigenvalue weighted by atomic mass is 9.87. The van der Waals surface area contributed by atoms with Crippen LogP contribution >= 0.6 is 11.6 Å². The largest absolute Gasteiger partial charge is 0.330 e. The molecule has 1 aromatic rings. The summed E-state index contributed by atoms with van der Waals surface area (Å²) in [4.78, 5) is 14.1. The summed E-state index contributed by atoms with van der Waals surface area (Å²) in [6.07, 6.45) is 1.00. The number of benzene rings is 1. The number of halogens is 1. The van der Waals surface area contributed by atoms with E-state index < -0.39 is 0 Å². The lowest BCUT2D eigenvalue weighted by Gasteiger charge is -2.36. The van der Waals surface area contributed by atoms with Gasteiger partial charge in [0, 0.05) is 23.8 Å². The van der Waals surface area contributed by atoms with Crippen LogP contribution < -0.4 is 11.1 Å². The van der Waals surface area contributed by atoms with Crippen LogP contribution in [0.4, 0.5) is 10.5 Å². The Morgan fingerprint density at radius 3 is 2.95 bits per heavy atom. The van der Waals surface area contributed by atoms with Crippen molar-refractivity contribution in [2.24, 2.45) is 17.6 Å². The first kappa shape index (κ1) is 15.1. The molecule has 1 aliphatic heterocycles. The van der Waals surface area contributed by atoms with E-state index in [0.717, 1.165) is 30.8 Å². The van der Waals surface area contributed by atoms with E-state index in [4.69, 9.17) is 17.3 Å². The van der Waals surface area contributed by atoms with Gasteiger partial charge in [-0.3, -0.25) is 0 Å². The number of hydrogen-bond donors (Lipinski definition) is 2. The van der Waals surface area contributed by atoms with Crippen molar-refractivity contribution in [1.82, 2.24) is 4.90 Å². The van der Waals surface area contributed by atoms with E-state index in [1.165, 1.54) is 0 Å². The van der Waals surface area contributed by atoms with Crippen molar-refractivity contribution in [3.8, 4) is 0 Å². The molecule has 0 saturated carbocycles. The number of nitrogens with zero attached hydrogens (tertiary/aromatic N) is 1. The Hall–Kier alpha value is -1.26. The van der Waals surface area contributed by atoms with Crippen LogP contribution in [0.5, 0.6) is 0 Å². The SMILES string of the molecule is Cc1ccc(NC(=O)N2CCC(C)C(CN)C2)cc1Cl. The smallest absolute Gasteiger partial charge is 0.321 e. The fourth-order valence-electron chi connectivity index (χ4n) is 2.51. The molecule has 0 radical (unpaired) electrons. The molecule has 0 bridgehead atoms. The molecular formula is C15H22ClN3O. The Morgan fingerprint density at radius 2 is 2.30 bits per heavy atom. The van der Waals surface area contributed by atoms with E-state index in [0.29, 0.717) is 23.4 Å². The Morgan fingerprint density at radius 1 is 1.55 bits per heavy atom. The molecule has 1 aromatic carbocycles. The summed E-state index contributed by atoms with van der Waals surface area (Å²) in [5.41, 5.74) is 7.50. The maximum absolute atomic E-state index is 12.3. The van der Waals surface area contributed by atoms with Crippen molar-refractivity contribution in [1.29, 1.82) is 0 Å². The molecule has 1 aliphatic rings. The zero-order chi connectivity index (χ0) is 14.7. The monoisotopic (exact) mass is 295 g/mol. The van der Waals surface area contributed by atoms with Crippen LogP contribution in [0, 0.1) is 18.8 Å². The third kappa shape index (κ3) is 3.44. The summed E-state index contributed by atoms with van der Waals surface area (Å²) in [6.45, 7) is 6.27. The second-order valence-electron chi connectivity index (χ2n) is 5.60. The predicted molar refractivity (Wildman–Crippen MR) is 83.1 cm³/mol. The molecule has 1 fully saturated rings. The number of nitrogens with one attached hydrogen (secondary N) is 1. The Bertz CT molecular complexity index is 492. The van der Waals surface area contributed by atoms with Gasteiger partial charge in [0.2, 0.25) is 0 Å². The minimum Gasteiger partial charge on any atom is -0.330 e. The lowest BCUT2D eigenvalue weighted by molar-refractivity contribution is 0.149. The summed E-state index contributed by atoms with van der Waals surface area (Å²) in [5.74, 6) is 0.967. The van der Waals surface area contributed by atoms with E-state index in [2.05, 4.69) is 12.2 Å². The third-order valence-electron chi connectivity index (χ3n) is 4.13. The highest BCUT2D eigenvalue weighted by atomic mass is 35.5. The van der Waals surface area contributed by atoms with E-state index in [-0.39, 0.29) is 6.03 Å². The number of anilines is 1. The number of hydrogen-bond acceptors (Lipinski definition) is 2. The number of carbonyl (C=O) groups is 1. The molecule has 3 N–H and O–H groups in total. The second-order valence-corrected chi connectivity index (χ2v) is 6.01. The van der Waals surface area contributed by atoms with Crippen molar-refractivity contribution in [2.75, 3.05) is 25.0 Å². The minimum atomic E-state index is -0.0738. The van der Waals surface area contributed by atoms with E-state index in [9.17, 15) is 4.79 Å². The van der Waals surface area contributed by atoms with Crippen molar-refractivity contribution in [2.45, 2.75) is 20.3 Å². The normalized spacial score (nSPS) is 22.7. The van der Waals surface area contributed by atoms with Gasteiger partial charge in [0.1, 0.15) is 0 Å². The topological polar surface area (TPSA) is 58.4 Å². The highest BCUT2D eigenvalue weighted by molar-refractivity contribution is 6.31. The van der Waals surface area contributed by atoms with Crippen LogP contribution in [0.2, 0.25) is 5.02 Å². The number of rotatable bonds is 2. The van der Waals surface area contributed by atoms with E-state index in [1.807, 2.05) is 24.0 Å². The van der Waals surface area contributed by atoms with Gasteiger partial charge in [-0.2, -0.15) is 0 Å². The Labute approximate surface area is 125 Å². The lowest BCUT2D eigenvalue weighted by Crippen LogP contribution is -2.47. The summed E-state index contributed by atoms with van der Waals surface area (Å²) in [5, 5.41) is 3.56. The summed E-state index contributed by atoms with van der Waals surface area (Å²) in [7, 11) is 0. The molecule has 1 heterocycles. The highest BCUT2D eigenvalue weighted by Crippen LogP contribution is 2.24. The molecule has 1 saturated heterocycles. The van der Waals surface area contributed by atoms with Gasteiger partial charge in [-0.15, -0.1) is 0 Å². The first-order valence-corrected chi connectivity index (χ1v) is 7.41. The highest BCUT2D eigenvalue weighted by Gasteiger charge is 2.27. The molecule has 0 spiro atoms. The van der Waals surface area contributed by atoms with Gasteiger partial charge >= 0.3 is 6.03 Å². The maximum Gasteiger partial charge on any atom is 0.321 e. The fourth-order valence-corrected chi connectivity index (χ4v) is 2.69. The molecule has 20 heavy (non-hydrogen) atoms. The maximum atomic E-state index is 12.3. The second kappa shape index (κ2) is 6.46. The van der Waals surface area contributed by atoms with Gasteiger partial charge in [-0.05, 0) is 49.4 Å². The zero-order valence-electron chi connectivity index (χ0n) is 12.0. The number of amides is 2. The van der Waals surface area contributed by atoms with Crippen molar-refractivity contribution in [3.63, 3.8) is 0 Å². The first-order chi connectivity index (χ1) is 9.51. The molecule has 0 aliphatic carbocycles. The average molecular weight is 296 g/mol. The zero-order valence-corrected chi connectivity index (χ0v) is 12.8. The van der Waals surface area contributed by atoms with Crippen molar-refractivity contribution < 1.29 is 4.79 Å². The van der Waals surface area contributed by atoms with Crippen LogP contribution in [-0.4, -0.2) is 30.6 Å². The average Bonchev–Trinajstić information content (AvgIpc) is 2.43. The van der Waals surface area contributed by atoms with Gasteiger partial charge in [-0.1, -0.05) is 24.6 Å². The number of urea groups is 1. The number of carbonyl (C=O) groups excluding carboxylic acids is 1. The number of likely N-dealkylation sites (tertiary alicyclic amines) is 1. The van der Waals surface area contributed by atoms with Crippen LogP contribution in [0.15, 0.2) is 18.2 Å². The summed E-state index contributed by atoms with van der Waals surface area (Å²) >= 11 is 6.07. The fraction of sp³-hybridized carbons (Fsp3) is 0.533. The van der Waals surface area contributed by atoms with Crippen molar-refractivity contribution >= 4 is 23.3 Å². The number of piperidine rings is 1. The van der Waals surface area contributed by atoms with Gasteiger partial charge < -0.3 is 16.0 Å². The predicted octanol–water partition coefficient (Wildman–Crippen LogP) is 3.10. The van der Waals surface area contributed by atoms with Crippen LogP contribution in [0.3, 0.4) is 0 Å². The van der Waals surface area contributed by atoms with Crippen LogP contribution in [-0.2, 0) is 0 Å². The van der Waals surface area contributed by atoms with Gasteiger partial charge in [0.05, 0.1) is 0 Å². The molecule has 2 unspecified atom stereocenters. The minimum absolute atomic E-state index is 0.0738. The molecular weight excluding hydrogens is 274 g/mol. The number of nitrogens with two attached hydrogens (primary N) is 1. The van der Waals surface area contributed by atoms with Gasteiger partial charge in [0.15, 0.2) is 0 Å².